The Bertz CT molecular complexity index is 1280. The summed E-state index contributed by atoms with van der Waals surface area (Å²) in [4.78, 5) is 41.2. The van der Waals surface area contributed by atoms with Crippen LogP contribution in [-0.2, 0) is 32.2 Å². The average Bonchev–Trinajstić information content (AvgIpc) is 2.94. The molecule has 1 heterocycles. The predicted octanol–water partition coefficient (Wildman–Crippen LogP) is 3.90. The van der Waals surface area contributed by atoms with Crippen molar-refractivity contribution in [2.45, 2.75) is 65.0 Å². The van der Waals surface area contributed by atoms with Crippen LogP contribution in [0.3, 0.4) is 0 Å². The van der Waals surface area contributed by atoms with E-state index in [1.807, 2.05) is 60.7 Å². The van der Waals surface area contributed by atoms with Crippen LogP contribution in [-0.4, -0.2) is 83.0 Å². The fourth-order valence-electron chi connectivity index (χ4n) is 4.13. The molecule has 43 heavy (non-hydrogen) atoms. The Labute approximate surface area is 252 Å². The van der Waals surface area contributed by atoms with E-state index in [9.17, 15) is 14.4 Å². The molecular formula is C31H42N6O6. The van der Waals surface area contributed by atoms with E-state index in [1.54, 1.807) is 20.8 Å². The van der Waals surface area contributed by atoms with Crippen LogP contribution >= 0.6 is 0 Å². The highest BCUT2D eigenvalue weighted by Gasteiger charge is 2.36. The average molecular weight is 595 g/mol. The Morgan fingerprint density at radius 2 is 1.49 bits per heavy atom. The van der Waals surface area contributed by atoms with Crippen molar-refractivity contribution < 1.29 is 28.6 Å². The van der Waals surface area contributed by atoms with Gasteiger partial charge in [0.05, 0.1) is 19.8 Å². The van der Waals surface area contributed by atoms with Gasteiger partial charge in [0.2, 0.25) is 5.91 Å². The van der Waals surface area contributed by atoms with E-state index >= 15 is 0 Å². The van der Waals surface area contributed by atoms with Crippen molar-refractivity contribution >= 4 is 29.8 Å². The zero-order chi connectivity index (χ0) is 31.6. The molecule has 0 saturated carbocycles. The molecule has 12 heteroatoms. The summed E-state index contributed by atoms with van der Waals surface area (Å²) in [6.07, 6.45) is -1.30. The number of hydrogen-bond donors (Lipinski definition) is 4. The Hall–Kier alpha value is -4.45. The van der Waals surface area contributed by atoms with Crippen LogP contribution in [0.1, 0.15) is 45.7 Å². The molecule has 12 nitrogen and oxygen atoms in total. The number of hydrogen-bond acceptors (Lipinski definition) is 8. The van der Waals surface area contributed by atoms with Gasteiger partial charge in [0.1, 0.15) is 35.5 Å². The van der Waals surface area contributed by atoms with E-state index in [2.05, 4.69) is 10.6 Å². The highest BCUT2D eigenvalue weighted by molar-refractivity contribution is 6.04. The number of nitrogens with one attached hydrogen (secondary N) is 4. The zero-order valence-corrected chi connectivity index (χ0v) is 25.4. The second-order valence-corrected chi connectivity index (χ2v) is 11.7. The van der Waals surface area contributed by atoms with E-state index in [-0.39, 0.29) is 51.1 Å². The third-order valence-corrected chi connectivity index (χ3v) is 6.43. The standard InChI is InChI=1S/C31H42N6O6/c1-30(2,3)43-28(39)35-31(4,5)27(38)34-24(21-41-19-22-12-8-6-9-13-22)26(33)37-17-16-36(18-25(37)32)29(40)42-20-23-14-10-7-11-15-23/h6-15,24,32-33H,16-21H2,1-5H3,(H,34,38)(H,35,39)/t24-/m1/s1. The number of rotatable bonds is 10. The van der Waals surface area contributed by atoms with Gasteiger partial charge in [-0.1, -0.05) is 60.7 Å². The number of amidine groups is 2. The molecule has 3 rings (SSSR count). The maximum Gasteiger partial charge on any atom is 0.410 e. The van der Waals surface area contributed by atoms with E-state index in [0.717, 1.165) is 11.1 Å². The van der Waals surface area contributed by atoms with Crippen LogP contribution in [0.25, 0.3) is 0 Å². The van der Waals surface area contributed by atoms with Crippen LogP contribution < -0.4 is 10.6 Å². The fraction of sp³-hybridized carbons (Fsp3) is 0.452. The monoisotopic (exact) mass is 594 g/mol. The van der Waals surface area contributed by atoms with Gasteiger partial charge in [0, 0.05) is 13.1 Å². The predicted molar refractivity (Wildman–Crippen MR) is 162 cm³/mol. The van der Waals surface area contributed by atoms with Crippen molar-refractivity contribution in [2.24, 2.45) is 0 Å². The molecule has 1 saturated heterocycles. The molecule has 232 valence electrons. The van der Waals surface area contributed by atoms with Crippen LogP contribution in [0.2, 0.25) is 0 Å². The molecule has 2 aromatic carbocycles. The molecule has 1 atom stereocenters. The summed E-state index contributed by atoms with van der Waals surface area (Å²) < 4.78 is 16.6. The summed E-state index contributed by atoms with van der Waals surface area (Å²) in [5.41, 5.74) is -0.358. The minimum Gasteiger partial charge on any atom is -0.445 e. The van der Waals surface area contributed by atoms with E-state index in [4.69, 9.17) is 25.0 Å². The Balaban J connectivity index is 1.65. The number of carbonyl (C=O) groups is 3. The topological polar surface area (TPSA) is 157 Å². The third kappa shape index (κ3) is 10.4. The zero-order valence-electron chi connectivity index (χ0n) is 25.4. The number of carbonyl (C=O) groups excluding carboxylic acids is 3. The maximum atomic E-state index is 13.3. The summed E-state index contributed by atoms with van der Waals surface area (Å²) in [6.45, 7) is 8.83. The first-order valence-electron chi connectivity index (χ1n) is 14.1. The van der Waals surface area contributed by atoms with E-state index < -0.39 is 35.3 Å². The van der Waals surface area contributed by atoms with Crippen LogP contribution in [0, 0.1) is 10.8 Å². The molecule has 3 amide bonds. The van der Waals surface area contributed by atoms with Crippen molar-refractivity contribution in [3.63, 3.8) is 0 Å². The number of amides is 3. The number of nitrogens with zero attached hydrogens (tertiary/aromatic N) is 2. The number of piperazine rings is 1. The second-order valence-electron chi connectivity index (χ2n) is 11.7. The van der Waals surface area contributed by atoms with Gasteiger partial charge >= 0.3 is 12.2 Å². The molecule has 0 aromatic heterocycles. The number of benzene rings is 2. The quantitative estimate of drug-likeness (QED) is 0.240. The lowest BCUT2D eigenvalue weighted by Gasteiger charge is -2.38. The molecule has 1 fully saturated rings. The normalized spacial score (nSPS) is 14.5. The smallest absolute Gasteiger partial charge is 0.410 e. The van der Waals surface area contributed by atoms with Gasteiger partial charge in [-0.15, -0.1) is 0 Å². The third-order valence-electron chi connectivity index (χ3n) is 6.43. The van der Waals surface area contributed by atoms with Gasteiger partial charge in [-0.3, -0.25) is 20.5 Å². The summed E-state index contributed by atoms with van der Waals surface area (Å²) >= 11 is 0. The summed E-state index contributed by atoms with van der Waals surface area (Å²) in [7, 11) is 0. The molecule has 0 radical (unpaired) electrons. The van der Waals surface area contributed by atoms with Crippen molar-refractivity contribution in [2.75, 3.05) is 26.2 Å². The molecule has 1 aliphatic heterocycles. The van der Waals surface area contributed by atoms with Crippen molar-refractivity contribution in [3.8, 4) is 0 Å². The highest BCUT2D eigenvalue weighted by atomic mass is 16.6. The summed E-state index contributed by atoms with van der Waals surface area (Å²) in [5, 5.41) is 22.9. The molecule has 0 spiro atoms. The van der Waals surface area contributed by atoms with Crippen molar-refractivity contribution in [1.82, 2.24) is 20.4 Å². The van der Waals surface area contributed by atoms with E-state index in [1.165, 1.54) is 23.6 Å². The largest absolute Gasteiger partial charge is 0.445 e. The lowest BCUT2D eigenvalue weighted by atomic mass is 10.0. The molecule has 0 bridgehead atoms. The molecule has 0 aliphatic carbocycles. The first-order chi connectivity index (χ1) is 20.2. The van der Waals surface area contributed by atoms with Gasteiger partial charge in [-0.2, -0.15) is 0 Å². The lowest BCUT2D eigenvalue weighted by molar-refractivity contribution is -0.127. The van der Waals surface area contributed by atoms with E-state index in [0.29, 0.717) is 0 Å². The van der Waals surface area contributed by atoms with Crippen molar-refractivity contribution in [3.05, 3.63) is 71.8 Å². The SMILES string of the molecule is CC(C)(C)OC(=O)NC(C)(C)C(=O)N[C@H](COCc1ccccc1)C(=N)N1CCN(C(=O)OCc2ccccc2)CC1=N. The number of alkyl carbamates (subject to hydrolysis) is 1. The van der Waals surface area contributed by atoms with Gasteiger partial charge in [0.15, 0.2) is 0 Å². The van der Waals surface area contributed by atoms with Gasteiger partial charge in [-0.05, 0) is 45.7 Å². The van der Waals surface area contributed by atoms with Crippen LogP contribution in [0.15, 0.2) is 60.7 Å². The van der Waals surface area contributed by atoms with Gasteiger partial charge in [0.25, 0.3) is 0 Å². The first-order valence-corrected chi connectivity index (χ1v) is 14.1. The Morgan fingerprint density at radius 3 is 2.05 bits per heavy atom. The summed E-state index contributed by atoms with van der Waals surface area (Å²) in [6, 6.07) is 17.8. The molecule has 0 unspecified atom stereocenters. The lowest BCUT2D eigenvalue weighted by Crippen LogP contribution is -2.62. The van der Waals surface area contributed by atoms with Gasteiger partial charge < -0.3 is 29.7 Å². The molecular weight excluding hydrogens is 552 g/mol. The highest BCUT2D eigenvalue weighted by Crippen LogP contribution is 2.13. The number of ether oxygens (including phenoxy) is 3. The fourth-order valence-corrected chi connectivity index (χ4v) is 4.13. The first kappa shape index (κ1) is 33.1. The Morgan fingerprint density at radius 1 is 0.907 bits per heavy atom. The molecule has 1 aliphatic rings. The minimum atomic E-state index is -1.38. The maximum absolute atomic E-state index is 13.3. The van der Waals surface area contributed by atoms with Gasteiger partial charge in [-0.25, -0.2) is 9.59 Å². The van der Waals surface area contributed by atoms with Crippen LogP contribution in [0.5, 0.6) is 0 Å². The molecule has 4 N–H and O–H groups in total. The molecule has 2 aromatic rings. The van der Waals surface area contributed by atoms with Crippen molar-refractivity contribution in [1.29, 1.82) is 10.8 Å². The Kier molecular flexibility index (Phi) is 11.2. The minimum absolute atomic E-state index is 0.00126. The van der Waals surface area contributed by atoms with Crippen LogP contribution in [0.4, 0.5) is 9.59 Å². The summed E-state index contributed by atoms with van der Waals surface area (Å²) in [5.74, 6) is -0.635. The second kappa shape index (κ2) is 14.6.